The minimum absolute atomic E-state index is 0.0298. The molecule has 1 saturated heterocycles. The van der Waals surface area contributed by atoms with Gasteiger partial charge in [0.15, 0.2) is 0 Å². The van der Waals surface area contributed by atoms with Crippen molar-refractivity contribution >= 4 is 17.5 Å². The lowest BCUT2D eigenvalue weighted by molar-refractivity contribution is 0.0924. The second-order valence-electron chi connectivity index (χ2n) is 6.71. The molecule has 0 radical (unpaired) electrons. The highest BCUT2D eigenvalue weighted by atomic mass is 35.5. The number of rotatable bonds is 5. The van der Waals surface area contributed by atoms with E-state index in [1.807, 2.05) is 49.4 Å². The summed E-state index contributed by atoms with van der Waals surface area (Å²) in [5.74, 6) is -0.0298. The normalized spacial score (nSPS) is 16.4. The molecule has 3 rings (SSSR count). The van der Waals surface area contributed by atoms with Gasteiger partial charge in [0, 0.05) is 17.1 Å². The van der Waals surface area contributed by atoms with Gasteiger partial charge in [0.1, 0.15) is 0 Å². The zero-order valence-electron chi connectivity index (χ0n) is 14.7. The number of piperidine rings is 1. The van der Waals surface area contributed by atoms with Gasteiger partial charge < -0.3 is 5.32 Å². The molecule has 132 valence electrons. The SMILES string of the molecule is Cc1cccc(C(=O)NC[C@@H](c2ccccc2Cl)N2CCCCC2)c1. The molecule has 2 aromatic rings. The van der Waals surface area contributed by atoms with Gasteiger partial charge in [-0.25, -0.2) is 0 Å². The van der Waals surface area contributed by atoms with Gasteiger partial charge >= 0.3 is 0 Å². The van der Waals surface area contributed by atoms with Gasteiger partial charge in [0.2, 0.25) is 0 Å². The highest BCUT2D eigenvalue weighted by Gasteiger charge is 2.24. The summed E-state index contributed by atoms with van der Waals surface area (Å²) in [6, 6.07) is 15.8. The number of benzene rings is 2. The Bertz CT molecular complexity index is 725. The Balaban J connectivity index is 1.75. The molecule has 2 aromatic carbocycles. The van der Waals surface area contributed by atoms with Crippen LogP contribution < -0.4 is 5.32 Å². The number of carbonyl (C=O) groups is 1. The first-order valence-corrected chi connectivity index (χ1v) is 9.36. The van der Waals surface area contributed by atoms with Crippen LogP contribution in [-0.4, -0.2) is 30.4 Å². The summed E-state index contributed by atoms with van der Waals surface area (Å²) in [5, 5.41) is 3.88. The van der Waals surface area contributed by atoms with E-state index in [2.05, 4.69) is 16.3 Å². The molecule has 0 unspecified atom stereocenters. The molecule has 1 aliphatic rings. The average Bonchev–Trinajstić information content (AvgIpc) is 2.64. The maximum atomic E-state index is 12.5. The van der Waals surface area contributed by atoms with Crippen molar-refractivity contribution in [2.24, 2.45) is 0 Å². The Hall–Kier alpha value is -1.84. The zero-order valence-corrected chi connectivity index (χ0v) is 15.4. The summed E-state index contributed by atoms with van der Waals surface area (Å²) >= 11 is 6.45. The van der Waals surface area contributed by atoms with Gasteiger partial charge in [-0.15, -0.1) is 0 Å². The van der Waals surface area contributed by atoms with E-state index in [0.717, 1.165) is 29.2 Å². The van der Waals surface area contributed by atoms with Crippen molar-refractivity contribution in [3.8, 4) is 0 Å². The lowest BCUT2D eigenvalue weighted by Gasteiger charge is -2.35. The fourth-order valence-corrected chi connectivity index (χ4v) is 3.75. The van der Waals surface area contributed by atoms with E-state index in [1.165, 1.54) is 19.3 Å². The van der Waals surface area contributed by atoms with Crippen LogP contribution in [0.15, 0.2) is 48.5 Å². The predicted molar refractivity (Wildman–Crippen MR) is 103 cm³/mol. The van der Waals surface area contributed by atoms with E-state index in [9.17, 15) is 4.79 Å². The number of nitrogens with zero attached hydrogens (tertiary/aromatic N) is 1. The van der Waals surface area contributed by atoms with Gasteiger partial charge in [-0.3, -0.25) is 9.69 Å². The molecule has 1 fully saturated rings. The summed E-state index contributed by atoms with van der Waals surface area (Å²) in [5.41, 5.74) is 2.89. The van der Waals surface area contributed by atoms with Crippen LogP contribution in [0.4, 0.5) is 0 Å². The molecule has 3 nitrogen and oxygen atoms in total. The van der Waals surface area contributed by atoms with Gasteiger partial charge in [-0.1, -0.05) is 53.9 Å². The van der Waals surface area contributed by atoms with Crippen LogP contribution in [0.2, 0.25) is 5.02 Å². The molecule has 0 bridgehead atoms. The summed E-state index contributed by atoms with van der Waals surface area (Å²) in [6.07, 6.45) is 3.68. The summed E-state index contributed by atoms with van der Waals surface area (Å²) in [4.78, 5) is 15.0. The average molecular weight is 357 g/mol. The van der Waals surface area contributed by atoms with E-state index in [1.54, 1.807) is 0 Å². The number of hydrogen-bond donors (Lipinski definition) is 1. The lowest BCUT2D eigenvalue weighted by Crippen LogP contribution is -2.40. The number of hydrogen-bond acceptors (Lipinski definition) is 2. The number of carbonyl (C=O) groups excluding carboxylic acids is 1. The third-order valence-corrected chi connectivity index (χ3v) is 5.18. The van der Waals surface area contributed by atoms with Crippen molar-refractivity contribution < 1.29 is 4.79 Å². The van der Waals surface area contributed by atoms with Crippen molar-refractivity contribution in [3.05, 3.63) is 70.2 Å². The van der Waals surface area contributed by atoms with Crippen molar-refractivity contribution in [2.75, 3.05) is 19.6 Å². The van der Waals surface area contributed by atoms with Crippen LogP contribution in [0.5, 0.6) is 0 Å². The maximum Gasteiger partial charge on any atom is 0.251 e. The smallest absolute Gasteiger partial charge is 0.251 e. The van der Waals surface area contributed by atoms with Crippen LogP contribution >= 0.6 is 11.6 Å². The second kappa shape index (κ2) is 8.50. The topological polar surface area (TPSA) is 32.3 Å². The molecular weight excluding hydrogens is 332 g/mol. The first-order chi connectivity index (χ1) is 12.1. The molecule has 0 saturated carbocycles. The molecule has 1 amide bonds. The van der Waals surface area contributed by atoms with Crippen molar-refractivity contribution in [1.82, 2.24) is 10.2 Å². The number of amides is 1. The standard InChI is InChI=1S/C21H25ClN2O/c1-16-8-7-9-17(14-16)21(25)23-15-20(24-12-5-2-6-13-24)18-10-3-4-11-19(18)22/h3-4,7-11,14,20H,2,5-6,12-13,15H2,1H3,(H,23,25)/t20-/m0/s1. The van der Waals surface area contributed by atoms with E-state index in [4.69, 9.17) is 11.6 Å². The molecule has 0 aliphatic carbocycles. The van der Waals surface area contributed by atoms with Crippen LogP contribution in [0.1, 0.15) is 46.8 Å². The fourth-order valence-electron chi connectivity index (χ4n) is 3.49. The molecule has 1 aliphatic heterocycles. The van der Waals surface area contributed by atoms with Crippen molar-refractivity contribution in [2.45, 2.75) is 32.2 Å². The van der Waals surface area contributed by atoms with Crippen molar-refractivity contribution in [3.63, 3.8) is 0 Å². The van der Waals surface area contributed by atoms with E-state index >= 15 is 0 Å². The summed E-state index contributed by atoms with van der Waals surface area (Å²) in [6.45, 7) is 4.67. The molecule has 1 heterocycles. The Morgan fingerprint density at radius 3 is 2.60 bits per heavy atom. The molecular formula is C21H25ClN2O. The lowest BCUT2D eigenvalue weighted by atomic mass is 10.0. The Kier molecular flexibility index (Phi) is 6.11. The Morgan fingerprint density at radius 1 is 1.12 bits per heavy atom. The van der Waals surface area contributed by atoms with Crippen LogP contribution in [-0.2, 0) is 0 Å². The second-order valence-corrected chi connectivity index (χ2v) is 7.12. The summed E-state index contributed by atoms with van der Waals surface area (Å²) < 4.78 is 0. The maximum absolute atomic E-state index is 12.5. The quantitative estimate of drug-likeness (QED) is 0.848. The van der Waals surface area contributed by atoms with Crippen LogP contribution in [0, 0.1) is 6.92 Å². The third kappa shape index (κ3) is 4.62. The van der Waals surface area contributed by atoms with Gasteiger partial charge in [-0.2, -0.15) is 0 Å². The molecule has 25 heavy (non-hydrogen) atoms. The number of likely N-dealkylation sites (tertiary alicyclic amines) is 1. The Labute approximate surface area is 155 Å². The fraction of sp³-hybridized carbons (Fsp3) is 0.381. The molecule has 0 spiro atoms. The first kappa shape index (κ1) is 18.0. The minimum atomic E-state index is -0.0298. The van der Waals surface area contributed by atoms with E-state index in [-0.39, 0.29) is 11.9 Å². The molecule has 1 N–H and O–H groups in total. The highest BCUT2D eigenvalue weighted by Crippen LogP contribution is 2.29. The van der Waals surface area contributed by atoms with Crippen LogP contribution in [0.25, 0.3) is 0 Å². The Morgan fingerprint density at radius 2 is 1.88 bits per heavy atom. The summed E-state index contributed by atoms with van der Waals surface area (Å²) in [7, 11) is 0. The molecule has 1 atom stereocenters. The zero-order chi connectivity index (χ0) is 17.6. The number of halogens is 1. The van der Waals surface area contributed by atoms with Gasteiger partial charge in [0.25, 0.3) is 5.91 Å². The largest absolute Gasteiger partial charge is 0.350 e. The van der Waals surface area contributed by atoms with Gasteiger partial charge in [0.05, 0.1) is 6.04 Å². The van der Waals surface area contributed by atoms with E-state index < -0.39 is 0 Å². The highest BCUT2D eigenvalue weighted by molar-refractivity contribution is 6.31. The monoisotopic (exact) mass is 356 g/mol. The predicted octanol–water partition coefficient (Wildman–Crippen LogP) is 4.61. The van der Waals surface area contributed by atoms with Crippen LogP contribution in [0.3, 0.4) is 0 Å². The number of aryl methyl sites for hydroxylation is 1. The first-order valence-electron chi connectivity index (χ1n) is 8.98. The number of nitrogens with one attached hydrogen (secondary N) is 1. The van der Waals surface area contributed by atoms with Gasteiger partial charge in [-0.05, 0) is 56.6 Å². The minimum Gasteiger partial charge on any atom is -0.350 e. The molecule has 4 heteroatoms. The van der Waals surface area contributed by atoms with E-state index in [0.29, 0.717) is 12.1 Å². The van der Waals surface area contributed by atoms with Crippen molar-refractivity contribution in [1.29, 1.82) is 0 Å². The third-order valence-electron chi connectivity index (χ3n) is 4.83. The molecule has 0 aromatic heterocycles.